The highest BCUT2D eigenvalue weighted by Gasteiger charge is 2.23. The van der Waals surface area contributed by atoms with E-state index in [1.165, 1.54) is 0 Å². The first-order valence-electron chi connectivity index (χ1n) is 6.83. The molecule has 0 aliphatic carbocycles. The van der Waals surface area contributed by atoms with Gasteiger partial charge in [-0.2, -0.15) is 0 Å². The summed E-state index contributed by atoms with van der Waals surface area (Å²) in [4.78, 5) is 24.1. The van der Waals surface area contributed by atoms with Crippen molar-refractivity contribution in [1.29, 1.82) is 0 Å². The number of amides is 1. The van der Waals surface area contributed by atoms with Crippen LogP contribution in [0.25, 0.3) is 0 Å². The number of carboxylic acid groups (broad SMARTS) is 1. The highest BCUT2D eigenvalue weighted by molar-refractivity contribution is 5.78. The van der Waals surface area contributed by atoms with Crippen LogP contribution in [0.5, 0.6) is 0 Å². The number of nitrogens with zero attached hydrogens (tertiary/aromatic N) is 1. The molecular weight excluding hydrogens is 248 g/mol. The van der Waals surface area contributed by atoms with Crippen LogP contribution in [-0.4, -0.2) is 60.3 Å². The Hall–Kier alpha value is -1.14. The van der Waals surface area contributed by atoms with E-state index in [9.17, 15) is 9.59 Å². The third-order valence-corrected chi connectivity index (χ3v) is 3.13. The van der Waals surface area contributed by atoms with E-state index in [1.54, 1.807) is 0 Å². The Morgan fingerprint density at radius 1 is 1.37 bits per heavy atom. The number of hydrogen-bond acceptors (Lipinski definition) is 4. The minimum absolute atomic E-state index is 0.0391. The zero-order chi connectivity index (χ0) is 14.3. The van der Waals surface area contributed by atoms with Gasteiger partial charge in [-0.25, -0.2) is 0 Å². The van der Waals surface area contributed by atoms with Crippen molar-refractivity contribution >= 4 is 11.9 Å². The van der Waals surface area contributed by atoms with E-state index < -0.39 is 5.97 Å². The van der Waals surface area contributed by atoms with Crippen molar-refractivity contribution in [1.82, 2.24) is 10.2 Å². The highest BCUT2D eigenvalue weighted by atomic mass is 16.5. The van der Waals surface area contributed by atoms with E-state index in [0.717, 1.165) is 12.8 Å². The van der Waals surface area contributed by atoms with Gasteiger partial charge in [0.25, 0.3) is 0 Å². The van der Waals surface area contributed by atoms with Gasteiger partial charge in [0.05, 0.1) is 25.7 Å². The number of aliphatic carboxylic acids is 1. The van der Waals surface area contributed by atoms with Gasteiger partial charge in [-0.05, 0) is 12.8 Å². The molecule has 0 radical (unpaired) electrons. The third kappa shape index (κ3) is 6.54. The Bertz CT molecular complexity index is 299. The summed E-state index contributed by atoms with van der Waals surface area (Å²) in [5.41, 5.74) is 0. The number of rotatable bonds is 7. The van der Waals surface area contributed by atoms with E-state index in [-0.39, 0.29) is 25.0 Å². The molecule has 1 heterocycles. The minimum Gasteiger partial charge on any atom is -0.481 e. The van der Waals surface area contributed by atoms with Gasteiger partial charge < -0.3 is 20.1 Å². The summed E-state index contributed by atoms with van der Waals surface area (Å²) >= 11 is 0. The van der Waals surface area contributed by atoms with Crippen LogP contribution in [0.3, 0.4) is 0 Å². The molecule has 6 heteroatoms. The Labute approximate surface area is 114 Å². The first-order valence-corrected chi connectivity index (χ1v) is 6.83. The first kappa shape index (κ1) is 15.9. The van der Waals surface area contributed by atoms with Gasteiger partial charge in [0, 0.05) is 19.1 Å². The maximum absolute atomic E-state index is 11.9. The molecule has 1 saturated heterocycles. The maximum atomic E-state index is 11.9. The molecule has 0 aromatic heterocycles. The molecule has 110 valence electrons. The summed E-state index contributed by atoms with van der Waals surface area (Å²) in [5.74, 6) is -0.718. The minimum atomic E-state index is -0.840. The molecule has 0 atom stereocenters. The second kappa shape index (κ2) is 8.12. The number of hydrogen-bond donors (Lipinski definition) is 2. The Morgan fingerprint density at radius 3 is 2.53 bits per heavy atom. The van der Waals surface area contributed by atoms with Crippen LogP contribution < -0.4 is 5.32 Å². The Morgan fingerprint density at radius 2 is 2.00 bits per heavy atom. The van der Waals surface area contributed by atoms with Crippen molar-refractivity contribution in [3.05, 3.63) is 0 Å². The number of piperidine rings is 1. The summed E-state index contributed by atoms with van der Waals surface area (Å²) in [6, 6.07) is 0.306. The first-order chi connectivity index (χ1) is 8.99. The van der Waals surface area contributed by atoms with E-state index in [2.05, 4.69) is 5.32 Å². The molecule has 1 fully saturated rings. The lowest BCUT2D eigenvalue weighted by Crippen LogP contribution is -2.45. The molecule has 6 nitrogen and oxygen atoms in total. The second-order valence-corrected chi connectivity index (χ2v) is 5.13. The van der Waals surface area contributed by atoms with Gasteiger partial charge in [-0.1, -0.05) is 13.8 Å². The van der Waals surface area contributed by atoms with E-state index in [1.807, 2.05) is 18.7 Å². The summed E-state index contributed by atoms with van der Waals surface area (Å²) < 4.78 is 5.49. The number of carbonyl (C=O) groups is 2. The maximum Gasteiger partial charge on any atom is 0.305 e. The molecule has 0 unspecified atom stereocenters. The van der Waals surface area contributed by atoms with Crippen LogP contribution in [0.1, 0.15) is 33.1 Å². The predicted molar refractivity (Wildman–Crippen MR) is 70.9 cm³/mol. The molecule has 2 N–H and O–H groups in total. The van der Waals surface area contributed by atoms with Gasteiger partial charge >= 0.3 is 5.97 Å². The van der Waals surface area contributed by atoms with Crippen LogP contribution in [0, 0.1) is 0 Å². The largest absolute Gasteiger partial charge is 0.481 e. The van der Waals surface area contributed by atoms with E-state index >= 15 is 0 Å². The normalized spacial score (nSPS) is 16.9. The Balaban J connectivity index is 2.17. The summed E-state index contributed by atoms with van der Waals surface area (Å²) in [7, 11) is 0. The number of ether oxygens (including phenoxy) is 1. The third-order valence-electron chi connectivity index (χ3n) is 3.13. The monoisotopic (exact) mass is 272 g/mol. The predicted octanol–water partition coefficient (Wildman–Crippen LogP) is 0.467. The number of carbonyl (C=O) groups excluding carboxylic acids is 1. The number of nitrogens with one attached hydrogen (secondary N) is 1. The second-order valence-electron chi connectivity index (χ2n) is 5.13. The number of likely N-dealkylation sites (tertiary alicyclic amines) is 1. The zero-order valence-electron chi connectivity index (χ0n) is 11.7. The lowest BCUT2D eigenvalue weighted by molar-refractivity contribution is -0.139. The topological polar surface area (TPSA) is 78.9 Å². The molecular formula is C13H24N2O4. The summed E-state index contributed by atoms with van der Waals surface area (Å²) in [6.45, 7) is 6.03. The van der Waals surface area contributed by atoms with Crippen LogP contribution in [0.4, 0.5) is 0 Å². The summed E-state index contributed by atoms with van der Waals surface area (Å²) in [6.07, 6.45) is 1.69. The van der Waals surface area contributed by atoms with Gasteiger partial charge in [0.2, 0.25) is 5.91 Å². The van der Waals surface area contributed by atoms with E-state index in [0.29, 0.717) is 25.7 Å². The lowest BCUT2D eigenvalue weighted by atomic mass is 10.1. The summed E-state index contributed by atoms with van der Waals surface area (Å²) in [5, 5.41) is 11.6. The molecule has 1 rings (SSSR count). The van der Waals surface area contributed by atoms with Gasteiger partial charge in [0.15, 0.2) is 0 Å². The van der Waals surface area contributed by atoms with Crippen LogP contribution in [0.15, 0.2) is 0 Å². The standard InChI is InChI=1S/C13H24N2O4/c1-10(2)14-9-12(16)15-6-3-11(4-7-15)19-8-5-13(17)18/h10-11,14H,3-9H2,1-2H3,(H,17,18). The average molecular weight is 272 g/mol. The lowest BCUT2D eigenvalue weighted by Gasteiger charge is -2.32. The molecule has 1 aliphatic heterocycles. The average Bonchev–Trinajstić information content (AvgIpc) is 2.36. The molecule has 0 aromatic carbocycles. The molecule has 1 aliphatic rings. The van der Waals surface area contributed by atoms with Crippen molar-refractivity contribution in [2.24, 2.45) is 0 Å². The number of carboxylic acids is 1. The van der Waals surface area contributed by atoms with E-state index in [4.69, 9.17) is 9.84 Å². The van der Waals surface area contributed by atoms with Crippen molar-refractivity contribution in [2.45, 2.75) is 45.3 Å². The van der Waals surface area contributed by atoms with Crippen LogP contribution in [0.2, 0.25) is 0 Å². The molecule has 0 spiro atoms. The van der Waals surface area contributed by atoms with Crippen LogP contribution in [-0.2, 0) is 14.3 Å². The SMILES string of the molecule is CC(C)NCC(=O)N1CCC(OCCC(=O)O)CC1. The van der Waals surface area contributed by atoms with Crippen molar-refractivity contribution in [2.75, 3.05) is 26.2 Å². The fourth-order valence-electron chi connectivity index (χ4n) is 1.99. The van der Waals surface area contributed by atoms with Crippen molar-refractivity contribution in [3.63, 3.8) is 0 Å². The molecule has 19 heavy (non-hydrogen) atoms. The molecule has 1 amide bonds. The van der Waals surface area contributed by atoms with Crippen molar-refractivity contribution < 1.29 is 19.4 Å². The smallest absolute Gasteiger partial charge is 0.305 e. The Kier molecular flexibility index (Phi) is 6.80. The van der Waals surface area contributed by atoms with Gasteiger partial charge in [-0.3, -0.25) is 9.59 Å². The molecule has 0 saturated carbocycles. The fourth-order valence-corrected chi connectivity index (χ4v) is 1.99. The molecule has 0 aromatic rings. The zero-order valence-corrected chi connectivity index (χ0v) is 11.7. The molecule has 0 bridgehead atoms. The van der Waals surface area contributed by atoms with Crippen molar-refractivity contribution in [3.8, 4) is 0 Å². The van der Waals surface area contributed by atoms with Crippen LogP contribution >= 0.6 is 0 Å². The highest BCUT2D eigenvalue weighted by Crippen LogP contribution is 2.14. The fraction of sp³-hybridized carbons (Fsp3) is 0.846. The van der Waals surface area contributed by atoms with Gasteiger partial charge in [0.1, 0.15) is 0 Å². The van der Waals surface area contributed by atoms with Gasteiger partial charge in [-0.15, -0.1) is 0 Å². The quantitative estimate of drug-likeness (QED) is 0.704.